The molecule has 0 spiro atoms. The van der Waals surface area contributed by atoms with Gasteiger partial charge in [0.25, 0.3) is 10.0 Å². The van der Waals surface area contributed by atoms with Crippen LogP contribution in [0.15, 0.2) is 53.4 Å². The van der Waals surface area contributed by atoms with Crippen molar-refractivity contribution in [1.82, 2.24) is 4.90 Å². The van der Waals surface area contributed by atoms with Crippen LogP contribution in [0.1, 0.15) is 49.0 Å². The Morgan fingerprint density at radius 3 is 2.23 bits per heavy atom. The third-order valence-corrected chi connectivity index (χ3v) is 7.36. The number of amides is 1. The number of aryl methyl sites for hydroxylation is 1. The summed E-state index contributed by atoms with van der Waals surface area (Å²) in [6.45, 7) is 5.70. The van der Waals surface area contributed by atoms with Crippen molar-refractivity contribution >= 4 is 27.4 Å². The molecule has 0 saturated carbocycles. The molecule has 7 heteroatoms. The Labute approximate surface area is 178 Å². The molecule has 0 radical (unpaired) electrons. The van der Waals surface area contributed by atoms with Crippen molar-refractivity contribution in [1.29, 1.82) is 0 Å². The van der Waals surface area contributed by atoms with Gasteiger partial charge in [-0.25, -0.2) is 8.42 Å². The largest absolute Gasteiger partial charge is 0.338 e. The Bertz CT molecular complexity index is 1010. The second-order valence-corrected chi connectivity index (χ2v) is 9.72. The van der Waals surface area contributed by atoms with Crippen LogP contribution in [-0.4, -0.2) is 44.1 Å². The number of sulfonamides is 1. The molecule has 30 heavy (non-hydrogen) atoms. The lowest BCUT2D eigenvalue weighted by atomic mass is 10.0. The summed E-state index contributed by atoms with van der Waals surface area (Å²) in [7, 11) is -3.95. The quantitative estimate of drug-likeness (QED) is 0.656. The molecule has 6 nitrogen and oxygen atoms in total. The fourth-order valence-corrected chi connectivity index (χ4v) is 5.11. The summed E-state index contributed by atoms with van der Waals surface area (Å²) in [5.41, 5.74) is 1.80. The van der Waals surface area contributed by atoms with E-state index in [1.807, 2.05) is 13.8 Å². The number of Topliss-reactive ketones (excluding diaryl/α,β-unsaturated/α-hetero) is 1. The molecule has 1 amide bonds. The number of ketones is 1. The third-order valence-electron chi connectivity index (χ3n) is 5.57. The second kappa shape index (κ2) is 9.00. The average Bonchev–Trinajstić information content (AvgIpc) is 2.72. The number of rotatable bonds is 6. The van der Waals surface area contributed by atoms with E-state index in [9.17, 15) is 18.0 Å². The number of likely N-dealkylation sites (tertiary alicyclic amines) is 1. The highest BCUT2D eigenvalue weighted by molar-refractivity contribution is 7.92. The molecule has 1 atom stereocenters. The van der Waals surface area contributed by atoms with E-state index in [1.54, 1.807) is 53.4 Å². The van der Waals surface area contributed by atoms with Gasteiger partial charge in [0.2, 0.25) is 5.91 Å². The molecule has 1 aliphatic heterocycles. The highest BCUT2D eigenvalue weighted by atomic mass is 32.2. The number of carbonyl (C=O) groups is 2. The predicted octanol–water partition coefficient (Wildman–Crippen LogP) is 3.79. The molecule has 2 aromatic carbocycles. The lowest BCUT2D eigenvalue weighted by Gasteiger charge is -2.35. The molecular formula is C23H28N2O4S. The zero-order valence-electron chi connectivity index (χ0n) is 17.7. The molecule has 2 aromatic rings. The number of hydrogen-bond acceptors (Lipinski definition) is 4. The van der Waals surface area contributed by atoms with Crippen LogP contribution in [0.5, 0.6) is 0 Å². The van der Waals surface area contributed by atoms with Gasteiger partial charge < -0.3 is 4.90 Å². The van der Waals surface area contributed by atoms with Gasteiger partial charge in [0.15, 0.2) is 5.78 Å². The minimum Gasteiger partial charge on any atom is -0.338 e. The minimum atomic E-state index is -3.95. The molecule has 160 valence electrons. The number of carbonyl (C=O) groups excluding carboxylic acids is 2. The van der Waals surface area contributed by atoms with Crippen LogP contribution in [-0.2, 0) is 14.8 Å². The maximum absolute atomic E-state index is 13.5. The first-order valence-corrected chi connectivity index (χ1v) is 11.6. The summed E-state index contributed by atoms with van der Waals surface area (Å²) in [5, 5.41) is 0. The summed E-state index contributed by atoms with van der Waals surface area (Å²) in [6, 6.07) is 13.0. The van der Waals surface area contributed by atoms with Crippen LogP contribution in [0.4, 0.5) is 5.69 Å². The molecule has 1 aliphatic rings. The van der Waals surface area contributed by atoms with E-state index < -0.39 is 10.0 Å². The van der Waals surface area contributed by atoms with Gasteiger partial charge in [-0.1, -0.05) is 17.7 Å². The van der Waals surface area contributed by atoms with Crippen LogP contribution in [0.25, 0.3) is 0 Å². The maximum atomic E-state index is 13.5. The fraction of sp³-hybridized carbons (Fsp3) is 0.391. The van der Waals surface area contributed by atoms with Gasteiger partial charge in [-0.2, -0.15) is 0 Å². The highest BCUT2D eigenvalue weighted by Crippen LogP contribution is 2.26. The lowest BCUT2D eigenvalue weighted by Crippen LogP contribution is -2.48. The van der Waals surface area contributed by atoms with Crippen LogP contribution in [0, 0.1) is 6.92 Å². The first kappa shape index (κ1) is 22.0. The van der Waals surface area contributed by atoms with Crippen molar-refractivity contribution < 1.29 is 18.0 Å². The van der Waals surface area contributed by atoms with Gasteiger partial charge in [-0.05, 0) is 76.4 Å². The molecule has 1 fully saturated rings. The van der Waals surface area contributed by atoms with E-state index in [1.165, 1.54) is 6.92 Å². The lowest BCUT2D eigenvalue weighted by molar-refractivity contribution is -0.132. The van der Waals surface area contributed by atoms with E-state index in [0.717, 1.165) is 29.1 Å². The van der Waals surface area contributed by atoms with Gasteiger partial charge in [0.05, 0.1) is 10.6 Å². The molecule has 0 N–H and O–H groups in total. The van der Waals surface area contributed by atoms with Crippen molar-refractivity contribution in [2.45, 2.75) is 51.0 Å². The van der Waals surface area contributed by atoms with Gasteiger partial charge in [-0.15, -0.1) is 0 Å². The number of benzene rings is 2. The van der Waals surface area contributed by atoms with E-state index in [-0.39, 0.29) is 29.2 Å². The smallest absolute Gasteiger partial charge is 0.264 e. The van der Waals surface area contributed by atoms with E-state index in [4.69, 9.17) is 0 Å². The third kappa shape index (κ3) is 4.73. The number of nitrogens with zero attached hydrogens (tertiary/aromatic N) is 2. The summed E-state index contributed by atoms with van der Waals surface area (Å²) in [4.78, 5) is 26.6. The van der Waals surface area contributed by atoms with Crippen molar-refractivity contribution in [2.75, 3.05) is 17.4 Å². The van der Waals surface area contributed by atoms with Crippen LogP contribution >= 0.6 is 0 Å². The fourth-order valence-electron chi connectivity index (χ4n) is 3.70. The summed E-state index contributed by atoms with van der Waals surface area (Å²) < 4.78 is 28.0. The molecule has 1 heterocycles. The van der Waals surface area contributed by atoms with Crippen molar-refractivity contribution in [2.24, 2.45) is 0 Å². The summed E-state index contributed by atoms with van der Waals surface area (Å²) in [5.74, 6) is -0.318. The van der Waals surface area contributed by atoms with Gasteiger partial charge in [0.1, 0.15) is 6.54 Å². The van der Waals surface area contributed by atoms with Crippen molar-refractivity contribution in [3.05, 3.63) is 59.7 Å². The van der Waals surface area contributed by atoms with Gasteiger partial charge in [0, 0.05) is 18.2 Å². The van der Waals surface area contributed by atoms with Gasteiger partial charge >= 0.3 is 0 Å². The monoisotopic (exact) mass is 428 g/mol. The zero-order chi connectivity index (χ0) is 21.9. The first-order valence-electron chi connectivity index (χ1n) is 10.2. The van der Waals surface area contributed by atoms with E-state index in [2.05, 4.69) is 0 Å². The Hall–Kier alpha value is -2.67. The minimum absolute atomic E-state index is 0.0928. The predicted molar refractivity (Wildman–Crippen MR) is 117 cm³/mol. The molecule has 0 bridgehead atoms. The van der Waals surface area contributed by atoms with E-state index >= 15 is 0 Å². The molecule has 1 saturated heterocycles. The number of anilines is 1. The zero-order valence-corrected chi connectivity index (χ0v) is 18.5. The Kier molecular flexibility index (Phi) is 6.61. The van der Waals surface area contributed by atoms with Crippen LogP contribution < -0.4 is 4.31 Å². The van der Waals surface area contributed by atoms with Gasteiger partial charge in [-0.3, -0.25) is 13.9 Å². The topological polar surface area (TPSA) is 74.8 Å². The standard InChI is InChI=1S/C23H28N2O4S/c1-17-7-13-22(14-8-17)30(28,29)25(21-11-9-20(10-12-21)19(3)26)16-23(27)24-15-5-4-6-18(24)2/h7-14,18H,4-6,15-16H2,1-3H3/t18-/m1/s1. The molecular weight excluding hydrogens is 400 g/mol. The van der Waals surface area contributed by atoms with Crippen LogP contribution in [0.2, 0.25) is 0 Å². The number of hydrogen-bond donors (Lipinski definition) is 0. The second-order valence-electron chi connectivity index (χ2n) is 7.86. The molecule has 3 rings (SSSR count). The maximum Gasteiger partial charge on any atom is 0.264 e. The normalized spacial score (nSPS) is 16.9. The Balaban J connectivity index is 1.98. The van der Waals surface area contributed by atoms with E-state index in [0.29, 0.717) is 17.8 Å². The number of piperidine rings is 1. The van der Waals surface area contributed by atoms with Crippen molar-refractivity contribution in [3.8, 4) is 0 Å². The molecule has 0 aromatic heterocycles. The van der Waals surface area contributed by atoms with Crippen LogP contribution in [0.3, 0.4) is 0 Å². The van der Waals surface area contributed by atoms with Crippen molar-refractivity contribution in [3.63, 3.8) is 0 Å². The Morgan fingerprint density at radius 2 is 1.67 bits per heavy atom. The summed E-state index contributed by atoms with van der Waals surface area (Å²) in [6.07, 6.45) is 2.92. The highest BCUT2D eigenvalue weighted by Gasteiger charge is 2.31. The first-order chi connectivity index (χ1) is 14.2. The average molecular weight is 429 g/mol. The molecule has 0 aliphatic carbocycles. The SMILES string of the molecule is CC(=O)c1ccc(N(CC(=O)N2CCCC[C@H]2C)S(=O)(=O)c2ccc(C)cc2)cc1. The Morgan fingerprint density at radius 1 is 1.03 bits per heavy atom. The molecule has 0 unspecified atom stereocenters. The summed E-state index contributed by atoms with van der Waals surface area (Å²) >= 11 is 0.